The molecule has 0 N–H and O–H groups in total. The van der Waals surface area contributed by atoms with Gasteiger partial charge in [-0.15, -0.1) is 0 Å². The second kappa shape index (κ2) is 10.5. The molecule has 0 amide bonds. The zero-order valence-corrected chi connectivity index (χ0v) is 17.6. The minimum Gasteiger partial charge on any atom is -0.497 e. The van der Waals surface area contributed by atoms with Crippen molar-refractivity contribution >= 4 is 0 Å². The number of benzene rings is 2. The molecule has 0 atom stereocenters. The topological polar surface area (TPSA) is 24.9 Å². The van der Waals surface area contributed by atoms with E-state index in [1.165, 1.54) is 43.6 Å². The van der Waals surface area contributed by atoms with Crippen LogP contribution in [0.5, 0.6) is 11.5 Å². The van der Waals surface area contributed by atoms with Crippen molar-refractivity contribution in [2.24, 2.45) is 5.92 Å². The third kappa shape index (κ3) is 6.25. The lowest BCUT2D eigenvalue weighted by atomic mass is 9.95. The Morgan fingerprint density at radius 1 is 0.929 bits per heavy atom. The summed E-state index contributed by atoms with van der Waals surface area (Å²) < 4.78 is 10.6. The fourth-order valence-corrected chi connectivity index (χ4v) is 4.06. The first kappa shape index (κ1) is 20.7. The van der Waals surface area contributed by atoms with Crippen molar-refractivity contribution in [1.29, 1.82) is 0 Å². The van der Waals surface area contributed by atoms with E-state index in [9.17, 15) is 0 Å². The second-order valence-electron chi connectivity index (χ2n) is 7.93. The van der Waals surface area contributed by atoms with Crippen LogP contribution in [0.2, 0.25) is 0 Å². The Balaban J connectivity index is 1.37. The van der Waals surface area contributed by atoms with Crippen LogP contribution in [0.25, 0.3) is 0 Å². The lowest BCUT2D eigenvalue weighted by molar-refractivity contribution is 0.153. The van der Waals surface area contributed by atoms with Gasteiger partial charge in [-0.25, -0.2) is 0 Å². The molecule has 0 radical (unpaired) electrons. The SMILES string of the molecule is COc1ccc(CCN2CCC(CN(C)Cc3cccc(OC)c3)CC2)cc1. The molecule has 4 nitrogen and oxygen atoms in total. The number of piperidine rings is 1. The molecule has 152 valence electrons. The van der Waals surface area contributed by atoms with E-state index in [1.807, 2.05) is 6.07 Å². The average Bonchev–Trinajstić information content (AvgIpc) is 2.73. The van der Waals surface area contributed by atoms with Crippen LogP contribution in [0.4, 0.5) is 0 Å². The van der Waals surface area contributed by atoms with Gasteiger partial charge in [0, 0.05) is 19.6 Å². The van der Waals surface area contributed by atoms with E-state index in [2.05, 4.69) is 59.3 Å². The lowest BCUT2D eigenvalue weighted by Gasteiger charge is -2.34. The number of methoxy groups -OCH3 is 2. The van der Waals surface area contributed by atoms with E-state index in [4.69, 9.17) is 9.47 Å². The molecule has 0 aromatic heterocycles. The van der Waals surface area contributed by atoms with E-state index in [1.54, 1.807) is 14.2 Å². The zero-order chi connectivity index (χ0) is 19.8. The van der Waals surface area contributed by atoms with Crippen LogP contribution in [0.15, 0.2) is 48.5 Å². The summed E-state index contributed by atoms with van der Waals surface area (Å²) in [5.74, 6) is 2.67. The standard InChI is InChI=1S/C24H34N2O2/c1-25(19-22-5-4-6-24(17-22)28-3)18-21-12-15-26(16-13-21)14-11-20-7-9-23(27-2)10-8-20/h4-10,17,21H,11-16,18-19H2,1-3H3. The average molecular weight is 383 g/mol. The summed E-state index contributed by atoms with van der Waals surface area (Å²) >= 11 is 0. The molecule has 28 heavy (non-hydrogen) atoms. The second-order valence-corrected chi connectivity index (χ2v) is 7.93. The third-order valence-corrected chi connectivity index (χ3v) is 5.74. The quantitative estimate of drug-likeness (QED) is 0.652. The highest BCUT2D eigenvalue weighted by Crippen LogP contribution is 2.20. The Labute approximate surface area is 170 Å². The Bertz CT molecular complexity index is 709. The first-order valence-electron chi connectivity index (χ1n) is 10.3. The van der Waals surface area contributed by atoms with Crippen molar-refractivity contribution in [3.63, 3.8) is 0 Å². The number of ether oxygens (including phenoxy) is 2. The van der Waals surface area contributed by atoms with Crippen molar-refractivity contribution in [3.8, 4) is 11.5 Å². The summed E-state index contributed by atoms with van der Waals surface area (Å²) in [6, 6.07) is 16.9. The molecule has 1 saturated heterocycles. The Morgan fingerprint density at radius 2 is 1.64 bits per heavy atom. The molecule has 4 heteroatoms. The van der Waals surface area contributed by atoms with Crippen LogP contribution in [-0.2, 0) is 13.0 Å². The molecular weight excluding hydrogens is 348 g/mol. The van der Waals surface area contributed by atoms with Crippen LogP contribution in [-0.4, -0.2) is 57.2 Å². The lowest BCUT2D eigenvalue weighted by Crippen LogP contribution is -2.38. The highest BCUT2D eigenvalue weighted by atomic mass is 16.5. The van der Waals surface area contributed by atoms with Gasteiger partial charge in [0.25, 0.3) is 0 Å². The maximum atomic E-state index is 5.33. The smallest absolute Gasteiger partial charge is 0.119 e. The molecule has 2 aromatic rings. The first-order valence-corrected chi connectivity index (χ1v) is 10.3. The van der Waals surface area contributed by atoms with E-state index < -0.39 is 0 Å². The number of nitrogens with zero attached hydrogens (tertiary/aromatic N) is 2. The number of hydrogen-bond acceptors (Lipinski definition) is 4. The summed E-state index contributed by atoms with van der Waals surface area (Å²) in [6.45, 7) is 5.73. The predicted octanol–water partition coefficient (Wildman–Crippen LogP) is 4.09. The van der Waals surface area contributed by atoms with Crippen molar-refractivity contribution < 1.29 is 9.47 Å². The van der Waals surface area contributed by atoms with E-state index in [0.29, 0.717) is 0 Å². The molecule has 1 heterocycles. The van der Waals surface area contributed by atoms with Gasteiger partial charge in [0.1, 0.15) is 11.5 Å². The Kier molecular flexibility index (Phi) is 7.75. The van der Waals surface area contributed by atoms with Gasteiger partial charge in [0.05, 0.1) is 14.2 Å². The largest absolute Gasteiger partial charge is 0.497 e. The fourth-order valence-electron chi connectivity index (χ4n) is 4.06. The van der Waals surface area contributed by atoms with Gasteiger partial charge in [0.15, 0.2) is 0 Å². The molecule has 1 aliphatic heterocycles. The van der Waals surface area contributed by atoms with Gasteiger partial charge in [-0.2, -0.15) is 0 Å². The summed E-state index contributed by atoms with van der Waals surface area (Å²) in [7, 11) is 5.67. The number of likely N-dealkylation sites (tertiary alicyclic amines) is 1. The third-order valence-electron chi connectivity index (χ3n) is 5.74. The van der Waals surface area contributed by atoms with E-state index >= 15 is 0 Å². The van der Waals surface area contributed by atoms with E-state index in [-0.39, 0.29) is 0 Å². The molecule has 2 aromatic carbocycles. The molecule has 3 rings (SSSR count). The first-order chi connectivity index (χ1) is 13.7. The van der Waals surface area contributed by atoms with Crippen LogP contribution >= 0.6 is 0 Å². The minimum atomic E-state index is 0.799. The molecule has 0 saturated carbocycles. The normalized spacial score (nSPS) is 15.7. The van der Waals surface area contributed by atoms with E-state index in [0.717, 1.165) is 36.9 Å². The maximum Gasteiger partial charge on any atom is 0.119 e. The number of rotatable bonds is 9. The molecule has 1 aliphatic rings. The van der Waals surface area contributed by atoms with Crippen molar-refractivity contribution in [2.45, 2.75) is 25.8 Å². The van der Waals surface area contributed by atoms with Crippen LogP contribution in [0.1, 0.15) is 24.0 Å². The fraction of sp³-hybridized carbons (Fsp3) is 0.500. The van der Waals surface area contributed by atoms with Crippen LogP contribution in [0.3, 0.4) is 0 Å². The van der Waals surface area contributed by atoms with Crippen LogP contribution < -0.4 is 9.47 Å². The molecule has 0 bridgehead atoms. The summed E-state index contributed by atoms with van der Waals surface area (Å²) in [5, 5.41) is 0. The Hall–Kier alpha value is -2.04. The highest BCUT2D eigenvalue weighted by molar-refractivity contribution is 5.28. The Morgan fingerprint density at radius 3 is 2.32 bits per heavy atom. The highest BCUT2D eigenvalue weighted by Gasteiger charge is 2.20. The van der Waals surface area contributed by atoms with Crippen molar-refractivity contribution in [3.05, 3.63) is 59.7 Å². The molecule has 0 unspecified atom stereocenters. The molecule has 0 spiro atoms. The van der Waals surface area contributed by atoms with Gasteiger partial charge in [-0.1, -0.05) is 24.3 Å². The molecular formula is C24H34N2O2. The van der Waals surface area contributed by atoms with Gasteiger partial charge in [-0.3, -0.25) is 0 Å². The van der Waals surface area contributed by atoms with Gasteiger partial charge in [-0.05, 0) is 80.7 Å². The van der Waals surface area contributed by atoms with Gasteiger partial charge >= 0.3 is 0 Å². The summed E-state index contributed by atoms with van der Waals surface area (Å²) in [4.78, 5) is 5.06. The summed E-state index contributed by atoms with van der Waals surface area (Å²) in [6.07, 6.45) is 3.71. The monoisotopic (exact) mass is 382 g/mol. The minimum absolute atomic E-state index is 0.799. The molecule has 0 aliphatic carbocycles. The van der Waals surface area contributed by atoms with Crippen molar-refractivity contribution in [1.82, 2.24) is 9.80 Å². The number of hydrogen-bond donors (Lipinski definition) is 0. The maximum absolute atomic E-state index is 5.33. The van der Waals surface area contributed by atoms with Gasteiger partial charge in [0.2, 0.25) is 0 Å². The van der Waals surface area contributed by atoms with Crippen LogP contribution in [0, 0.1) is 5.92 Å². The zero-order valence-electron chi connectivity index (χ0n) is 17.6. The van der Waals surface area contributed by atoms with Crippen molar-refractivity contribution in [2.75, 3.05) is 47.4 Å². The molecule has 1 fully saturated rings. The van der Waals surface area contributed by atoms with Gasteiger partial charge < -0.3 is 19.3 Å². The predicted molar refractivity (Wildman–Crippen MR) is 115 cm³/mol. The summed E-state index contributed by atoms with van der Waals surface area (Å²) in [5.41, 5.74) is 2.71.